The Morgan fingerprint density at radius 3 is 2.24 bits per heavy atom. The number of hydrogen-bond acceptors (Lipinski definition) is 1. The minimum atomic E-state index is -0.0114. The monoisotopic (exact) mass is 402 g/mol. The summed E-state index contributed by atoms with van der Waals surface area (Å²) in [7, 11) is 0. The number of fused-ring (bicyclic) bond motifs is 5. The van der Waals surface area contributed by atoms with Crippen LogP contribution in [0, 0.1) is 58.2 Å². The van der Waals surface area contributed by atoms with Crippen LogP contribution in [0.5, 0.6) is 0 Å². The number of hydrogen-bond donors (Lipinski definition) is 1. The topological polar surface area (TPSA) is 20.2 Å². The van der Waals surface area contributed by atoms with Gasteiger partial charge in [0.05, 0.1) is 6.10 Å². The Labute approximate surface area is 181 Å². The van der Waals surface area contributed by atoms with Gasteiger partial charge in [0.1, 0.15) is 0 Å². The van der Waals surface area contributed by atoms with E-state index in [1.807, 2.05) is 0 Å². The lowest BCUT2D eigenvalue weighted by Crippen LogP contribution is -2.54. The van der Waals surface area contributed by atoms with Crippen LogP contribution < -0.4 is 0 Å². The number of rotatable bonds is 5. The van der Waals surface area contributed by atoms with Crippen molar-refractivity contribution in [1.29, 1.82) is 0 Å². The molecule has 0 unspecified atom stereocenters. The van der Waals surface area contributed by atoms with Gasteiger partial charge in [0.15, 0.2) is 0 Å². The van der Waals surface area contributed by atoms with Crippen molar-refractivity contribution >= 4 is 0 Å². The van der Waals surface area contributed by atoms with Gasteiger partial charge in [-0.15, -0.1) is 0 Å². The Balaban J connectivity index is 1.50. The zero-order valence-corrected chi connectivity index (χ0v) is 20.4. The summed E-state index contributed by atoms with van der Waals surface area (Å²) in [6.45, 7) is 15.2. The first-order valence-electron chi connectivity index (χ1n) is 13.4. The van der Waals surface area contributed by atoms with E-state index >= 15 is 0 Å². The van der Waals surface area contributed by atoms with Gasteiger partial charge in [-0.25, -0.2) is 0 Å². The second-order valence-electron chi connectivity index (χ2n) is 12.9. The molecule has 10 atom stereocenters. The maximum atomic E-state index is 10.3. The molecule has 0 saturated heterocycles. The smallest absolute Gasteiger partial charge is 0.0543 e. The van der Waals surface area contributed by atoms with Crippen LogP contribution in [0.2, 0.25) is 0 Å². The number of aliphatic hydroxyl groups excluding tert-OH is 1. The molecule has 0 aromatic heterocycles. The lowest BCUT2D eigenvalue weighted by Gasteiger charge is -2.61. The quantitative estimate of drug-likeness (QED) is 0.499. The normalized spacial score (nSPS) is 49.2. The largest absolute Gasteiger partial charge is 0.393 e. The van der Waals surface area contributed by atoms with Crippen molar-refractivity contribution in [3.05, 3.63) is 0 Å². The lowest BCUT2D eigenvalue weighted by atomic mass is 9.44. The summed E-state index contributed by atoms with van der Waals surface area (Å²) in [6.07, 6.45) is 15.1. The highest BCUT2D eigenvalue weighted by Crippen LogP contribution is 2.68. The fraction of sp³-hybridized carbons (Fsp3) is 1.00. The summed E-state index contributed by atoms with van der Waals surface area (Å²) in [6, 6.07) is 0. The van der Waals surface area contributed by atoms with Gasteiger partial charge in [-0.3, -0.25) is 0 Å². The molecule has 4 fully saturated rings. The molecule has 0 bridgehead atoms. The third kappa shape index (κ3) is 3.64. The van der Waals surface area contributed by atoms with Crippen LogP contribution in [0.25, 0.3) is 0 Å². The van der Waals surface area contributed by atoms with E-state index in [2.05, 4.69) is 41.5 Å². The van der Waals surface area contributed by atoms with E-state index < -0.39 is 0 Å². The van der Waals surface area contributed by atoms with Crippen molar-refractivity contribution in [1.82, 2.24) is 0 Å². The van der Waals surface area contributed by atoms with Crippen LogP contribution in [0.4, 0.5) is 0 Å². The fourth-order valence-corrected chi connectivity index (χ4v) is 9.76. The molecule has 0 aliphatic heterocycles. The molecule has 0 spiro atoms. The van der Waals surface area contributed by atoms with Crippen LogP contribution in [-0.2, 0) is 0 Å². The molecule has 168 valence electrons. The zero-order chi connectivity index (χ0) is 21.0. The van der Waals surface area contributed by atoms with Crippen molar-refractivity contribution in [2.45, 2.75) is 118 Å². The standard InChI is InChI=1S/C28H50O/c1-7-20(18(2)3)16-19(4)24-10-11-25-23-9-8-21-17-22(29)12-14-27(21,5)26(23)13-15-28(24,25)6/h18-26,29H,7-17H2,1-6H3/t19-,20+,21+,22+,23+,24-,25+,26+,27+,28-/m1/s1. The molecular weight excluding hydrogens is 352 g/mol. The van der Waals surface area contributed by atoms with Crippen molar-refractivity contribution in [3.8, 4) is 0 Å². The van der Waals surface area contributed by atoms with Gasteiger partial charge in [0, 0.05) is 0 Å². The summed E-state index contributed by atoms with van der Waals surface area (Å²) < 4.78 is 0. The first-order valence-corrected chi connectivity index (χ1v) is 13.4. The van der Waals surface area contributed by atoms with Crippen molar-refractivity contribution in [2.24, 2.45) is 58.2 Å². The van der Waals surface area contributed by atoms with E-state index in [1.165, 1.54) is 57.8 Å². The summed E-state index contributed by atoms with van der Waals surface area (Å²) in [5, 5.41) is 10.3. The van der Waals surface area contributed by atoms with Crippen LogP contribution in [-0.4, -0.2) is 11.2 Å². The van der Waals surface area contributed by atoms with Gasteiger partial charge in [0.25, 0.3) is 0 Å². The minimum Gasteiger partial charge on any atom is -0.393 e. The Morgan fingerprint density at radius 1 is 0.862 bits per heavy atom. The van der Waals surface area contributed by atoms with Crippen LogP contribution in [0.15, 0.2) is 0 Å². The zero-order valence-electron chi connectivity index (χ0n) is 20.4. The first-order chi connectivity index (χ1) is 13.7. The molecule has 0 aromatic rings. The summed E-state index contributed by atoms with van der Waals surface area (Å²) in [5.74, 6) is 7.30. The predicted octanol–water partition coefficient (Wildman–Crippen LogP) is 7.71. The second kappa shape index (κ2) is 8.14. The summed E-state index contributed by atoms with van der Waals surface area (Å²) >= 11 is 0. The van der Waals surface area contributed by atoms with Crippen LogP contribution in [0.3, 0.4) is 0 Å². The van der Waals surface area contributed by atoms with Crippen molar-refractivity contribution < 1.29 is 5.11 Å². The Bertz CT molecular complexity index is 569. The molecule has 0 radical (unpaired) electrons. The van der Waals surface area contributed by atoms with E-state index in [-0.39, 0.29) is 6.10 Å². The molecule has 29 heavy (non-hydrogen) atoms. The van der Waals surface area contributed by atoms with Gasteiger partial charge in [-0.1, -0.05) is 48.0 Å². The van der Waals surface area contributed by atoms with Gasteiger partial charge < -0.3 is 5.11 Å². The van der Waals surface area contributed by atoms with E-state index in [4.69, 9.17) is 0 Å². The van der Waals surface area contributed by atoms with Gasteiger partial charge >= 0.3 is 0 Å². The Morgan fingerprint density at radius 2 is 1.55 bits per heavy atom. The molecule has 0 heterocycles. The van der Waals surface area contributed by atoms with Crippen LogP contribution in [0.1, 0.15) is 112 Å². The van der Waals surface area contributed by atoms with Crippen LogP contribution >= 0.6 is 0 Å². The van der Waals surface area contributed by atoms with Crippen molar-refractivity contribution in [3.63, 3.8) is 0 Å². The number of aliphatic hydroxyl groups is 1. The van der Waals surface area contributed by atoms with E-state index in [0.717, 1.165) is 60.2 Å². The molecule has 1 N–H and O–H groups in total. The maximum absolute atomic E-state index is 10.3. The fourth-order valence-electron chi connectivity index (χ4n) is 9.76. The Hall–Kier alpha value is -0.0400. The molecule has 0 aromatic carbocycles. The average Bonchev–Trinajstić information content (AvgIpc) is 3.03. The first kappa shape index (κ1) is 22.2. The van der Waals surface area contributed by atoms with E-state index in [0.29, 0.717) is 10.8 Å². The van der Waals surface area contributed by atoms with Gasteiger partial charge in [0.2, 0.25) is 0 Å². The van der Waals surface area contributed by atoms with E-state index in [1.54, 1.807) is 0 Å². The lowest BCUT2D eigenvalue weighted by molar-refractivity contribution is -0.129. The Kier molecular flexibility index (Phi) is 6.22. The molecular formula is C28H50O. The second-order valence-corrected chi connectivity index (χ2v) is 12.9. The van der Waals surface area contributed by atoms with E-state index in [9.17, 15) is 5.11 Å². The molecule has 1 nitrogen and oxygen atoms in total. The molecule has 4 saturated carbocycles. The highest BCUT2D eigenvalue weighted by molar-refractivity contribution is 5.09. The molecule has 0 amide bonds. The SMILES string of the molecule is CC[C@@H](C[C@@H](C)[C@H]1CC[C@H]2[C@@H]3CC[C@H]4C[C@@H](O)CC[C@]4(C)[C@H]3CC[C@]12C)C(C)C. The molecule has 4 aliphatic rings. The summed E-state index contributed by atoms with van der Waals surface area (Å²) in [4.78, 5) is 0. The highest BCUT2D eigenvalue weighted by atomic mass is 16.3. The van der Waals surface area contributed by atoms with Gasteiger partial charge in [-0.05, 0) is 122 Å². The maximum Gasteiger partial charge on any atom is 0.0543 e. The summed E-state index contributed by atoms with van der Waals surface area (Å²) in [5.41, 5.74) is 1.13. The predicted molar refractivity (Wildman–Crippen MR) is 124 cm³/mol. The minimum absolute atomic E-state index is 0.0114. The third-order valence-electron chi connectivity index (χ3n) is 11.5. The van der Waals surface area contributed by atoms with Gasteiger partial charge in [-0.2, -0.15) is 0 Å². The highest BCUT2D eigenvalue weighted by Gasteiger charge is 2.60. The average molecular weight is 403 g/mol. The molecule has 1 heteroatoms. The molecule has 4 aliphatic carbocycles. The van der Waals surface area contributed by atoms with Crippen molar-refractivity contribution in [2.75, 3.05) is 0 Å². The molecule has 4 rings (SSSR count). The third-order valence-corrected chi connectivity index (χ3v) is 11.5.